The summed E-state index contributed by atoms with van der Waals surface area (Å²) in [5.41, 5.74) is 2.70. The predicted molar refractivity (Wildman–Crippen MR) is 76.2 cm³/mol. The number of para-hydroxylation sites is 1. The van der Waals surface area contributed by atoms with Crippen LogP contribution in [0.15, 0.2) is 48.8 Å². The number of hydrogen-bond acceptors (Lipinski definition) is 3. The Morgan fingerprint density at radius 2 is 2.00 bits per heavy atom. The van der Waals surface area contributed by atoms with Crippen molar-refractivity contribution in [1.29, 1.82) is 0 Å². The Labute approximate surface area is 117 Å². The van der Waals surface area contributed by atoms with Crippen LogP contribution in [-0.2, 0) is 0 Å². The van der Waals surface area contributed by atoms with Crippen LogP contribution in [0.2, 0.25) is 0 Å². The van der Waals surface area contributed by atoms with Crippen LogP contribution in [-0.4, -0.2) is 21.8 Å². The van der Waals surface area contributed by atoms with Crippen molar-refractivity contribution < 1.29 is 4.79 Å². The Balaban J connectivity index is 1.80. The maximum atomic E-state index is 12.7. The molecule has 0 bridgehead atoms. The molecule has 0 saturated heterocycles. The number of carbonyl (C=O) groups is 1. The van der Waals surface area contributed by atoms with Gasteiger partial charge in [-0.2, -0.15) is 0 Å². The Morgan fingerprint density at radius 3 is 2.75 bits per heavy atom. The summed E-state index contributed by atoms with van der Waals surface area (Å²) in [5.74, 6) is 0.121. The molecule has 1 aromatic heterocycles. The molecule has 0 spiro atoms. The Kier molecular flexibility index (Phi) is 2.49. The fourth-order valence-electron chi connectivity index (χ4n) is 2.78. The molecule has 2 heterocycles. The van der Waals surface area contributed by atoms with E-state index in [-0.39, 0.29) is 12.1 Å². The smallest absolute Gasteiger partial charge is 0.258 e. The third-order valence-electron chi connectivity index (χ3n) is 3.90. The number of rotatable bonds is 2. The van der Waals surface area contributed by atoms with E-state index in [0.29, 0.717) is 6.04 Å². The molecule has 4 heteroatoms. The molecule has 1 fully saturated rings. The second-order valence-electron chi connectivity index (χ2n) is 5.32. The van der Waals surface area contributed by atoms with Crippen LogP contribution in [0.25, 0.3) is 0 Å². The lowest BCUT2D eigenvalue weighted by atomic mass is 10.0. The maximum absolute atomic E-state index is 12.7. The predicted octanol–water partition coefficient (Wildman–Crippen LogP) is 2.81. The Bertz CT molecular complexity index is 652. The first kappa shape index (κ1) is 11.5. The molecule has 1 aromatic carbocycles. The van der Waals surface area contributed by atoms with Crippen LogP contribution in [0.3, 0.4) is 0 Å². The minimum Gasteiger partial charge on any atom is -0.361 e. The van der Waals surface area contributed by atoms with E-state index in [1.807, 2.05) is 47.5 Å². The quantitative estimate of drug-likeness (QED) is 0.908. The minimum atomic E-state index is -0.112. The lowest BCUT2D eigenvalue weighted by Crippen LogP contribution is -2.44. The first-order valence-corrected chi connectivity index (χ1v) is 6.93. The van der Waals surface area contributed by atoms with E-state index in [0.717, 1.165) is 29.7 Å². The number of pyridine rings is 1. The highest BCUT2D eigenvalue weighted by Crippen LogP contribution is 2.40. The van der Waals surface area contributed by atoms with E-state index in [1.54, 1.807) is 6.20 Å². The number of benzene rings is 1. The zero-order valence-electron chi connectivity index (χ0n) is 11.0. The lowest BCUT2D eigenvalue weighted by Gasteiger charge is -2.38. The van der Waals surface area contributed by atoms with Crippen LogP contribution in [0.1, 0.15) is 34.9 Å². The number of nitrogens with zero attached hydrogens (tertiary/aromatic N) is 2. The van der Waals surface area contributed by atoms with E-state index in [1.165, 1.54) is 0 Å². The van der Waals surface area contributed by atoms with E-state index in [4.69, 9.17) is 0 Å². The zero-order chi connectivity index (χ0) is 13.5. The minimum absolute atomic E-state index is 0.112. The van der Waals surface area contributed by atoms with Crippen molar-refractivity contribution in [2.24, 2.45) is 0 Å². The third kappa shape index (κ3) is 1.76. The lowest BCUT2D eigenvalue weighted by molar-refractivity contribution is 0.0666. The van der Waals surface area contributed by atoms with Crippen molar-refractivity contribution in [3.63, 3.8) is 0 Å². The van der Waals surface area contributed by atoms with Crippen LogP contribution < -0.4 is 5.32 Å². The number of aromatic nitrogens is 1. The molecule has 100 valence electrons. The van der Waals surface area contributed by atoms with Crippen molar-refractivity contribution in [3.05, 3.63) is 59.9 Å². The second-order valence-corrected chi connectivity index (χ2v) is 5.32. The van der Waals surface area contributed by atoms with Gasteiger partial charge in [-0.15, -0.1) is 0 Å². The summed E-state index contributed by atoms with van der Waals surface area (Å²) in [6, 6.07) is 12.0. The molecule has 20 heavy (non-hydrogen) atoms. The summed E-state index contributed by atoms with van der Waals surface area (Å²) < 4.78 is 0. The average Bonchev–Trinajstić information content (AvgIpc) is 3.33. The number of anilines is 1. The van der Waals surface area contributed by atoms with Gasteiger partial charge in [-0.25, -0.2) is 0 Å². The fraction of sp³-hybridized carbons (Fsp3) is 0.250. The van der Waals surface area contributed by atoms with Crippen molar-refractivity contribution in [2.75, 3.05) is 5.32 Å². The van der Waals surface area contributed by atoms with Crippen molar-refractivity contribution in [2.45, 2.75) is 25.0 Å². The molecule has 1 aliphatic heterocycles. The summed E-state index contributed by atoms with van der Waals surface area (Å²) in [7, 11) is 0. The number of carbonyl (C=O) groups excluding carboxylic acids is 1. The largest absolute Gasteiger partial charge is 0.361 e. The molecule has 2 aromatic rings. The topological polar surface area (TPSA) is 45.2 Å². The van der Waals surface area contributed by atoms with E-state index >= 15 is 0 Å². The summed E-state index contributed by atoms with van der Waals surface area (Å²) in [4.78, 5) is 18.9. The molecule has 1 amide bonds. The van der Waals surface area contributed by atoms with Gasteiger partial charge in [0, 0.05) is 29.7 Å². The zero-order valence-corrected chi connectivity index (χ0v) is 11.0. The van der Waals surface area contributed by atoms with Gasteiger partial charge in [-0.05, 0) is 31.0 Å². The van der Waals surface area contributed by atoms with Crippen LogP contribution in [0.4, 0.5) is 5.69 Å². The van der Waals surface area contributed by atoms with Gasteiger partial charge in [0.15, 0.2) is 0 Å². The number of amides is 1. The molecule has 2 aliphatic rings. The molecular weight excluding hydrogens is 250 g/mol. The highest BCUT2D eigenvalue weighted by Gasteiger charge is 2.41. The van der Waals surface area contributed by atoms with Gasteiger partial charge >= 0.3 is 0 Å². The molecule has 1 saturated carbocycles. The fourth-order valence-corrected chi connectivity index (χ4v) is 2.78. The summed E-state index contributed by atoms with van der Waals surface area (Å²) in [6.07, 6.45) is 5.65. The van der Waals surface area contributed by atoms with E-state index in [2.05, 4.69) is 10.3 Å². The molecule has 0 radical (unpaired) electrons. The molecular formula is C16H15N3O. The van der Waals surface area contributed by atoms with Crippen molar-refractivity contribution in [1.82, 2.24) is 9.88 Å². The second kappa shape index (κ2) is 4.34. The van der Waals surface area contributed by atoms with Crippen molar-refractivity contribution in [3.8, 4) is 0 Å². The first-order chi connectivity index (χ1) is 9.84. The monoisotopic (exact) mass is 265 g/mol. The number of fused-ring (bicyclic) bond motifs is 1. The van der Waals surface area contributed by atoms with Gasteiger partial charge in [-0.3, -0.25) is 9.78 Å². The van der Waals surface area contributed by atoms with Crippen LogP contribution in [0.5, 0.6) is 0 Å². The molecule has 1 aliphatic carbocycles. The summed E-state index contributed by atoms with van der Waals surface area (Å²) in [6.45, 7) is 0. The maximum Gasteiger partial charge on any atom is 0.258 e. The molecule has 1 N–H and O–H groups in total. The van der Waals surface area contributed by atoms with Gasteiger partial charge in [0.25, 0.3) is 5.91 Å². The molecule has 4 rings (SSSR count). The highest BCUT2D eigenvalue weighted by atomic mass is 16.2. The first-order valence-electron chi connectivity index (χ1n) is 6.93. The molecule has 0 unspecified atom stereocenters. The summed E-state index contributed by atoms with van der Waals surface area (Å²) >= 11 is 0. The van der Waals surface area contributed by atoms with Gasteiger partial charge < -0.3 is 10.2 Å². The SMILES string of the molecule is O=C1c2ccccc2N[C@@H](c2cccnc2)N1C1CC1. The third-order valence-corrected chi connectivity index (χ3v) is 3.90. The normalized spacial score (nSPS) is 21.3. The van der Waals surface area contributed by atoms with Gasteiger partial charge in [0.05, 0.1) is 5.56 Å². The summed E-state index contributed by atoms with van der Waals surface area (Å²) in [5, 5.41) is 3.48. The van der Waals surface area contributed by atoms with Gasteiger partial charge in [-0.1, -0.05) is 18.2 Å². The molecule has 1 atom stereocenters. The van der Waals surface area contributed by atoms with Crippen LogP contribution in [0, 0.1) is 0 Å². The van der Waals surface area contributed by atoms with Gasteiger partial charge in [0.1, 0.15) is 6.17 Å². The Hall–Kier alpha value is -2.36. The van der Waals surface area contributed by atoms with Gasteiger partial charge in [0.2, 0.25) is 0 Å². The number of nitrogens with one attached hydrogen (secondary N) is 1. The average molecular weight is 265 g/mol. The van der Waals surface area contributed by atoms with E-state index < -0.39 is 0 Å². The van der Waals surface area contributed by atoms with Crippen molar-refractivity contribution >= 4 is 11.6 Å². The number of hydrogen-bond donors (Lipinski definition) is 1. The van der Waals surface area contributed by atoms with E-state index in [9.17, 15) is 4.79 Å². The Morgan fingerprint density at radius 1 is 1.15 bits per heavy atom. The highest BCUT2D eigenvalue weighted by molar-refractivity contribution is 6.02. The standard InChI is InChI=1S/C16H15N3O/c20-16-13-5-1-2-6-14(13)18-15(19(16)12-7-8-12)11-4-3-9-17-10-11/h1-6,9-10,12,15,18H,7-8H2/t15-/m1/s1. The molecule has 4 nitrogen and oxygen atoms in total. The van der Waals surface area contributed by atoms with Crippen LogP contribution >= 0.6 is 0 Å².